The van der Waals surface area contributed by atoms with Crippen molar-refractivity contribution in [1.29, 1.82) is 0 Å². The lowest BCUT2D eigenvalue weighted by atomic mass is 10.0. The molecule has 1 atom stereocenters. The number of aromatic hydroxyl groups is 1. The molecule has 1 aliphatic rings. The van der Waals surface area contributed by atoms with Gasteiger partial charge in [0.2, 0.25) is 6.79 Å². The van der Waals surface area contributed by atoms with Crippen LogP contribution < -0.4 is 25.0 Å². The van der Waals surface area contributed by atoms with Gasteiger partial charge in [0.05, 0.1) is 17.8 Å². The van der Waals surface area contributed by atoms with Crippen LogP contribution in [0.15, 0.2) is 35.4 Å². The average molecular weight is 462 g/mol. The van der Waals surface area contributed by atoms with Gasteiger partial charge in [-0.15, -0.1) is 0 Å². The van der Waals surface area contributed by atoms with Crippen LogP contribution in [-0.2, 0) is 4.79 Å². The van der Waals surface area contributed by atoms with Crippen molar-refractivity contribution in [3.8, 4) is 23.0 Å². The van der Waals surface area contributed by atoms with Crippen molar-refractivity contribution < 1.29 is 28.9 Å². The van der Waals surface area contributed by atoms with Crippen LogP contribution in [0.3, 0.4) is 0 Å². The van der Waals surface area contributed by atoms with E-state index in [2.05, 4.69) is 15.8 Å². The zero-order chi connectivity index (χ0) is 23.3. The number of carbonyl (C=O) groups is 2. The number of nitrogens with one attached hydrogen (secondary N) is 2. The summed E-state index contributed by atoms with van der Waals surface area (Å²) in [6.07, 6.45) is 1.36. The van der Waals surface area contributed by atoms with E-state index in [0.717, 1.165) is 0 Å². The van der Waals surface area contributed by atoms with Crippen molar-refractivity contribution in [2.75, 3.05) is 13.4 Å². The van der Waals surface area contributed by atoms with Crippen molar-refractivity contribution in [3.05, 3.63) is 46.5 Å². The van der Waals surface area contributed by atoms with Gasteiger partial charge in [0, 0.05) is 5.56 Å². The van der Waals surface area contributed by atoms with Gasteiger partial charge in [-0.3, -0.25) is 9.59 Å². The molecule has 1 heterocycles. The van der Waals surface area contributed by atoms with E-state index in [9.17, 15) is 14.7 Å². The maximum Gasteiger partial charge on any atom is 0.262 e. The maximum absolute atomic E-state index is 12.6. The van der Waals surface area contributed by atoms with Crippen molar-refractivity contribution in [1.82, 2.24) is 10.7 Å². The Balaban J connectivity index is 1.66. The van der Waals surface area contributed by atoms with E-state index in [0.29, 0.717) is 29.2 Å². The van der Waals surface area contributed by atoms with Crippen molar-refractivity contribution >= 4 is 29.6 Å². The molecule has 0 spiro atoms. The van der Waals surface area contributed by atoms with E-state index in [1.807, 2.05) is 13.8 Å². The van der Waals surface area contributed by atoms with Gasteiger partial charge in [-0.2, -0.15) is 5.10 Å². The number of nitrogens with zero attached hydrogens (tertiary/aromatic N) is 1. The largest absolute Gasteiger partial charge is 0.503 e. The minimum Gasteiger partial charge on any atom is -0.503 e. The summed E-state index contributed by atoms with van der Waals surface area (Å²) < 4.78 is 15.9. The SMILES string of the molecule is CCOc1cc(C=NNC(=O)C(NC(=O)c2ccc3c(c2)OCO3)C(C)C)cc(Cl)c1O. The molecule has 2 aromatic carbocycles. The molecule has 170 valence electrons. The molecule has 2 aromatic rings. The fraction of sp³-hybridized carbons (Fsp3) is 0.318. The third kappa shape index (κ3) is 5.42. The summed E-state index contributed by atoms with van der Waals surface area (Å²) in [6.45, 7) is 5.84. The minimum atomic E-state index is -0.826. The first-order valence-corrected chi connectivity index (χ1v) is 10.4. The Morgan fingerprint density at radius 1 is 1.25 bits per heavy atom. The van der Waals surface area contributed by atoms with Crippen LogP contribution in [0.2, 0.25) is 5.02 Å². The predicted octanol–water partition coefficient (Wildman–Crippen LogP) is 3.08. The molecule has 32 heavy (non-hydrogen) atoms. The van der Waals surface area contributed by atoms with Gasteiger partial charge in [0.1, 0.15) is 6.04 Å². The molecule has 10 heteroatoms. The lowest BCUT2D eigenvalue weighted by molar-refractivity contribution is -0.123. The van der Waals surface area contributed by atoms with E-state index >= 15 is 0 Å². The topological polar surface area (TPSA) is 118 Å². The highest BCUT2D eigenvalue weighted by Crippen LogP contribution is 2.35. The predicted molar refractivity (Wildman–Crippen MR) is 119 cm³/mol. The Morgan fingerprint density at radius 3 is 2.72 bits per heavy atom. The molecule has 0 fully saturated rings. The molecule has 0 saturated heterocycles. The molecule has 2 amide bonds. The molecule has 0 aliphatic carbocycles. The third-order valence-electron chi connectivity index (χ3n) is 4.61. The molecule has 1 aliphatic heterocycles. The number of halogens is 1. The first-order chi connectivity index (χ1) is 15.3. The number of hydrazone groups is 1. The first-order valence-electron chi connectivity index (χ1n) is 9.98. The van der Waals surface area contributed by atoms with Crippen molar-refractivity contribution in [2.45, 2.75) is 26.8 Å². The van der Waals surface area contributed by atoms with Crippen LogP contribution in [0.4, 0.5) is 0 Å². The highest BCUT2D eigenvalue weighted by molar-refractivity contribution is 6.32. The van der Waals surface area contributed by atoms with E-state index in [1.54, 1.807) is 31.2 Å². The number of carbonyl (C=O) groups excluding carboxylic acids is 2. The summed E-state index contributed by atoms with van der Waals surface area (Å²) in [6, 6.07) is 7.01. The van der Waals surface area contributed by atoms with E-state index in [-0.39, 0.29) is 29.2 Å². The second-order valence-corrected chi connectivity index (χ2v) is 7.69. The number of phenols is 1. The second kappa shape index (κ2) is 10.2. The average Bonchev–Trinajstić information content (AvgIpc) is 3.23. The number of fused-ring (bicyclic) bond motifs is 1. The third-order valence-corrected chi connectivity index (χ3v) is 4.90. The summed E-state index contributed by atoms with van der Waals surface area (Å²) in [5, 5.41) is 16.7. The van der Waals surface area contributed by atoms with Crippen molar-refractivity contribution in [2.24, 2.45) is 11.0 Å². The number of hydrogen-bond donors (Lipinski definition) is 3. The summed E-state index contributed by atoms with van der Waals surface area (Å²) >= 11 is 6.00. The number of amides is 2. The molecule has 3 rings (SSSR count). The van der Waals surface area contributed by atoms with E-state index < -0.39 is 17.9 Å². The Bertz CT molecular complexity index is 1040. The molecule has 0 radical (unpaired) electrons. The smallest absolute Gasteiger partial charge is 0.262 e. The number of phenolic OH excluding ortho intramolecular Hbond substituents is 1. The highest BCUT2D eigenvalue weighted by Gasteiger charge is 2.25. The lowest BCUT2D eigenvalue weighted by Crippen LogP contribution is -2.48. The molecule has 0 bridgehead atoms. The van der Waals surface area contributed by atoms with Crippen LogP contribution in [0, 0.1) is 5.92 Å². The minimum absolute atomic E-state index is 0.0970. The lowest BCUT2D eigenvalue weighted by Gasteiger charge is -2.20. The number of benzene rings is 2. The van der Waals surface area contributed by atoms with Crippen LogP contribution in [0.1, 0.15) is 36.7 Å². The van der Waals surface area contributed by atoms with Gasteiger partial charge >= 0.3 is 0 Å². The Hall–Kier alpha value is -3.46. The zero-order valence-electron chi connectivity index (χ0n) is 17.8. The van der Waals surface area contributed by atoms with E-state index in [4.69, 9.17) is 25.8 Å². The zero-order valence-corrected chi connectivity index (χ0v) is 18.6. The summed E-state index contributed by atoms with van der Waals surface area (Å²) in [5.74, 6) is -0.0174. The van der Waals surface area contributed by atoms with Gasteiger partial charge in [-0.05, 0) is 48.7 Å². The number of rotatable bonds is 8. The first kappa shape index (κ1) is 23.2. The fourth-order valence-corrected chi connectivity index (χ4v) is 3.19. The van der Waals surface area contributed by atoms with Crippen LogP contribution in [0.25, 0.3) is 0 Å². The highest BCUT2D eigenvalue weighted by atomic mass is 35.5. The summed E-state index contributed by atoms with van der Waals surface area (Å²) in [5.41, 5.74) is 3.28. The molecular formula is C22H24ClN3O6. The van der Waals surface area contributed by atoms with Gasteiger partial charge in [-0.1, -0.05) is 25.4 Å². The summed E-state index contributed by atoms with van der Waals surface area (Å²) in [7, 11) is 0. The molecule has 3 N–H and O–H groups in total. The second-order valence-electron chi connectivity index (χ2n) is 7.28. The standard InChI is InChI=1S/C22H24ClN3O6/c1-4-30-18-8-13(7-15(23)20(18)27)10-24-26-22(29)19(12(2)3)25-21(28)14-5-6-16-17(9-14)32-11-31-16/h5-10,12,19,27H,4,11H2,1-3H3,(H,25,28)(H,26,29). The Labute approximate surface area is 190 Å². The van der Waals surface area contributed by atoms with E-state index in [1.165, 1.54) is 12.3 Å². The molecular weight excluding hydrogens is 438 g/mol. The molecule has 9 nitrogen and oxygen atoms in total. The normalized spacial score (nSPS) is 13.3. The van der Waals surface area contributed by atoms with Crippen molar-refractivity contribution in [3.63, 3.8) is 0 Å². The van der Waals surface area contributed by atoms with Crippen LogP contribution in [0.5, 0.6) is 23.0 Å². The number of hydrogen-bond acceptors (Lipinski definition) is 7. The van der Waals surface area contributed by atoms with Gasteiger partial charge in [-0.25, -0.2) is 5.43 Å². The van der Waals surface area contributed by atoms with Gasteiger partial charge < -0.3 is 24.6 Å². The Morgan fingerprint density at radius 2 is 2.00 bits per heavy atom. The molecule has 0 saturated carbocycles. The van der Waals surface area contributed by atoms with Gasteiger partial charge in [0.25, 0.3) is 11.8 Å². The van der Waals surface area contributed by atoms with Crippen LogP contribution in [-0.4, -0.2) is 42.6 Å². The monoisotopic (exact) mass is 461 g/mol. The quantitative estimate of drug-likeness (QED) is 0.410. The van der Waals surface area contributed by atoms with Gasteiger partial charge in [0.15, 0.2) is 23.0 Å². The Kier molecular flexibility index (Phi) is 7.42. The van der Waals surface area contributed by atoms with Crippen LogP contribution >= 0.6 is 11.6 Å². The molecule has 0 aromatic heterocycles. The number of ether oxygens (including phenoxy) is 3. The summed E-state index contributed by atoms with van der Waals surface area (Å²) in [4.78, 5) is 25.3. The molecule has 1 unspecified atom stereocenters. The fourth-order valence-electron chi connectivity index (χ4n) is 2.97. The maximum atomic E-state index is 12.6.